The van der Waals surface area contributed by atoms with E-state index in [9.17, 15) is 0 Å². The van der Waals surface area contributed by atoms with Crippen molar-refractivity contribution in [2.75, 3.05) is 11.9 Å². The van der Waals surface area contributed by atoms with Crippen LogP contribution in [-0.4, -0.2) is 16.8 Å². The van der Waals surface area contributed by atoms with Crippen molar-refractivity contribution < 1.29 is 0 Å². The molecular weight excluding hydrogens is 334 g/mol. The summed E-state index contributed by atoms with van der Waals surface area (Å²) in [6, 6.07) is 16.9. The van der Waals surface area contributed by atoms with E-state index < -0.39 is 0 Å². The zero-order valence-corrected chi connectivity index (χ0v) is 14.0. The van der Waals surface area contributed by atoms with Crippen LogP contribution in [0.1, 0.15) is 16.7 Å². The molecule has 1 nitrogen and oxygen atoms in total. The van der Waals surface area contributed by atoms with Gasteiger partial charge in [0, 0.05) is 30.0 Å². The highest BCUT2D eigenvalue weighted by molar-refractivity contribution is 9.09. The molecule has 2 rings (SSSR count). The quantitative estimate of drug-likeness (QED) is 0.658. The molecule has 0 atom stereocenters. The summed E-state index contributed by atoms with van der Waals surface area (Å²) in [5, 5.41) is 1.82. The second-order valence-electron chi connectivity index (χ2n) is 4.97. The van der Waals surface area contributed by atoms with E-state index in [1.54, 1.807) is 0 Å². The van der Waals surface area contributed by atoms with Gasteiger partial charge in [-0.1, -0.05) is 70.0 Å². The van der Waals surface area contributed by atoms with Crippen molar-refractivity contribution in [1.29, 1.82) is 0 Å². The van der Waals surface area contributed by atoms with Crippen LogP contribution in [0.2, 0.25) is 5.02 Å². The molecule has 0 aliphatic rings. The van der Waals surface area contributed by atoms with Crippen molar-refractivity contribution >= 4 is 27.5 Å². The Kier molecular flexibility index (Phi) is 6.08. The first-order valence-electron chi connectivity index (χ1n) is 6.76. The first-order valence-corrected chi connectivity index (χ1v) is 8.26. The monoisotopic (exact) mass is 351 g/mol. The summed E-state index contributed by atoms with van der Waals surface area (Å²) < 4.78 is 0. The summed E-state index contributed by atoms with van der Waals surface area (Å²) in [4.78, 5) is 2.44. The van der Waals surface area contributed by atoms with Gasteiger partial charge in [-0.2, -0.15) is 0 Å². The predicted molar refractivity (Wildman–Crippen MR) is 90.5 cm³/mol. The average molecular weight is 353 g/mol. The number of aryl methyl sites for hydroxylation is 1. The molecule has 0 aliphatic carbocycles. The van der Waals surface area contributed by atoms with Crippen LogP contribution in [0.15, 0.2) is 48.5 Å². The van der Waals surface area contributed by atoms with Crippen molar-refractivity contribution in [3.8, 4) is 0 Å². The molecule has 0 radical (unpaired) electrons. The Labute approximate surface area is 134 Å². The lowest BCUT2D eigenvalue weighted by Crippen LogP contribution is -2.24. The van der Waals surface area contributed by atoms with E-state index in [0.717, 1.165) is 35.6 Å². The maximum atomic E-state index is 6.09. The maximum Gasteiger partial charge on any atom is 0.0435 e. The Balaban J connectivity index is 2.06. The molecule has 0 saturated heterocycles. The molecule has 0 unspecified atom stereocenters. The highest BCUT2D eigenvalue weighted by atomic mass is 79.9. The lowest BCUT2D eigenvalue weighted by molar-refractivity contribution is 0.274. The minimum Gasteiger partial charge on any atom is -0.294 e. The second kappa shape index (κ2) is 7.82. The van der Waals surface area contributed by atoms with Gasteiger partial charge in [-0.3, -0.25) is 4.90 Å². The normalized spacial score (nSPS) is 11.0. The summed E-state index contributed by atoms with van der Waals surface area (Å²) in [7, 11) is 0. The molecule has 0 saturated carbocycles. The number of hydrogen-bond acceptors (Lipinski definition) is 1. The SMILES string of the molecule is Cc1cc(CN(CCBr)Cc2ccccc2)ccc1Cl. The smallest absolute Gasteiger partial charge is 0.0435 e. The number of hydrogen-bond donors (Lipinski definition) is 0. The van der Waals surface area contributed by atoms with Crippen molar-refractivity contribution in [3.63, 3.8) is 0 Å². The molecule has 0 N–H and O–H groups in total. The van der Waals surface area contributed by atoms with E-state index in [2.05, 4.69) is 70.2 Å². The fraction of sp³-hybridized carbons (Fsp3) is 0.294. The van der Waals surface area contributed by atoms with Crippen LogP contribution in [0.5, 0.6) is 0 Å². The van der Waals surface area contributed by atoms with E-state index >= 15 is 0 Å². The van der Waals surface area contributed by atoms with Crippen LogP contribution >= 0.6 is 27.5 Å². The van der Waals surface area contributed by atoms with E-state index in [0.29, 0.717) is 0 Å². The number of alkyl halides is 1. The lowest BCUT2D eigenvalue weighted by atomic mass is 10.1. The molecule has 106 valence electrons. The summed E-state index contributed by atoms with van der Waals surface area (Å²) in [5.41, 5.74) is 3.80. The van der Waals surface area contributed by atoms with Crippen molar-refractivity contribution in [3.05, 3.63) is 70.2 Å². The minimum absolute atomic E-state index is 0.837. The number of rotatable bonds is 6. The van der Waals surface area contributed by atoms with Gasteiger partial charge >= 0.3 is 0 Å². The van der Waals surface area contributed by atoms with Gasteiger partial charge in [0.1, 0.15) is 0 Å². The molecule has 20 heavy (non-hydrogen) atoms. The van der Waals surface area contributed by atoms with Gasteiger partial charge in [0.05, 0.1) is 0 Å². The van der Waals surface area contributed by atoms with E-state index in [1.807, 2.05) is 6.07 Å². The van der Waals surface area contributed by atoms with Crippen LogP contribution in [0.3, 0.4) is 0 Å². The Morgan fingerprint density at radius 1 is 1.00 bits per heavy atom. The van der Waals surface area contributed by atoms with Gasteiger partial charge in [-0.05, 0) is 29.7 Å². The molecule has 0 bridgehead atoms. The first kappa shape index (κ1) is 15.6. The molecule has 3 heteroatoms. The predicted octanol–water partition coefficient (Wildman–Crippen LogP) is 5.05. The number of halogens is 2. The van der Waals surface area contributed by atoms with Crippen molar-refractivity contribution in [2.24, 2.45) is 0 Å². The minimum atomic E-state index is 0.837. The van der Waals surface area contributed by atoms with Gasteiger partial charge in [-0.15, -0.1) is 0 Å². The van der Waals surface area contributed by atoms with Crippen LogP contribution in [0.25, 0.3) is 0 Å². The zero-order chi connectivity index (χ0) is 14.4. The highest BCUT2D eigenvalue weighted by Crippen LogP contribution is 2.18. The van der Waals surface area contributed by atoms with Gasteiger partial charge in [0.2, 0.25) is 0 Å². The molecule has 2 aromatic carbocycles. The molecule has 2 aromatic rings. The fourth-order valence-corrected chi connectivity index (χ4v) is 2.86. The Hall–Kier alpha value is -0.830. The summed E-state index contributed by atoms with van der Waals surface area (Å²) in [5.74, 6) is 0. The third kappa shape index (κ3) is 4.62. The van der Waals surface area contributed by atoms with Gasteiger partial charge in [-0.25, -0.2) is 0 Å². The van der Waals surface area contributed by atoms with Crippen LogP contribution in [-0.2, 0) is 13.1 Å². The molecule has 0 heterocycles. The van der Waals surface area contributed by atoms with Crippen LogP contribution in [0, 0.1) is 6.92 Å². The standard InChI is InChI=1S/C17H19BrClN/c1-14-11-16(7-8-17(14)19)13-20(10-9-18)12-15-5-3-2-4-6-15/h2-8,11H,9-10,12-13H2,1H3. The van der Waals surface area contributed by atoms with E-state index in [4.69, 9.17) is 11.6 Å². The zero-order valence-electron chi connectivity index (χ0n) is 11.7. The topological polar surface area (TPSA) is 3.24 Å². The maximum absolute atomic E-state index is 6.09. The number of benzene rings is 2. The average Bonchev–Trinajstić information content (AvgIpc) is 2.44. The second-order valence-corrected chi connectivity index (χ2v) is 6.17. The fourth-order valence-electron chi connectivity index (χ4n) is 2.24. The van der Waals surface area contributed by atoms with Crippen LogP contribution < -0.4 is 0 Å². The first-order chi connectivity index (χ1) is 9.69. The summed E-state index contributed by atoms with van der Waals surface area (Å²) in [6.07, 6.45) is 0. The number of nitrogens with zero attached hydrogens (tertiary/aromatic N) is 1. The molecule has 0 fully saturated rings. The molecule has 0 aliphatic heterocycles. The summed E-state index contributed by atoms with van der Waals surface area (Å²) >= 11 is 9.63. The summed E-state index contributed by atoms with van der Waals surface area (Å²) in [6.45, 7) is 4.99. The van der Waals surface area contributed by atoms with Gasteiger partial charge < -0.3 is 0 Å². The third-order valence-corrected chi connectivity index (χ3v) is 4.06. The molecular formula is C17H19BrClN. The van der Waals surface area contributed by atoms with Crippen molar-refractivity contribution in [2.45, 2.75) is 20.0 Å². The van der Waals surface area contributed by atoms with Gasteiger partial charge in [0.25, 0.3) is 0 Å². The highest BCUT2D eigenvalue weighted by Gasteiger charge is 2.07. The Morgan fingerprint density at radius 3 is 2.35 bits per heavy atom. The Morgan fingerprint density at radius 2 is 1.70 bits per heavy atom. The molecule has 0 aromatic heterocycles. The molecule has 0 amide bonds. The Bertz CT molecular complexity index is 542. The third-order valence-electron chi connectivity index (χ3n) is 3.28. The van der Waals surface area contributed by atoms with E-state index in [1.165, 1.54) is 11.1 Å². The lowest BCUT2D eigenvalue weighted by Gasteiger charge is -2.22. The van der Waals surface area contributed by atoms with Crippen LogP contribution in [0.4, 0.5) is 0 Å². The largest absolute Gasteiger partial charge is 0.294 e. The van der Waals surface area contributed by atoms with E-state index in [-0.39, 0.29) is 0 Å². The van der Waals surface area contributed by atoms with Gasteiger partial charge in [0.15, 0.2) is 0 Å². The van der Waals surface area contributed by atoms with Crippen molar-refractivity contribution in [1.82, 2.24) is 4.90 Å². The molecule has 0 spiro atoms.